The van der Waals surface area contributed by atoms with Crippen molar-refractivity contribution in [2.45, 2.75) is 31.6 Å². The second-order valence-electron chi connectivity index (χ2n) is 4.38. The third kappa shape index (κ3) is 2.16. The molecule has 1 heteroatoms. The van der Waals surface area contributed by atoms with Gasteiger partial charge >= 0.3 is 0 Å². The van der Waals surface area contributed by atoms with E-state index >= 15 is 0 Å². The van der Waals surface area contributed by atoms with Crippen LogP contribution < -0.4 is 5.73 Å². The highest BCUT2D eigenvalue weighted by Crippen LogP contribution is 2.35. The Morgan fingerprint density at radius 2 is 1.93 bits per heavy atom. The normalized spacial score (nSPS) is 27.5. The first kappa shape index (κ1) is 9.72. The monoisotopic (exact) mass is 189 g/mol. The molecule has 2 unspecified atom stereocenters. The largest absolute Gasteiger partial charge is 0.330 e. The van der Waals surface area contributed by atoms with E-state index in [-0.39, 0.29) is 0 Å². The lowest BCUT2D eigenvalue weighted by atomic mass is 9.78. The zero-order valence-electron chi connectivity index (χ0n) is 8.65. The maximum absolute atomic E-state index is 5.74. The van der Waals surface area contributed by atoms with E-state index in [1.54, 1.807) is 0 Å². The van der Waals surface area contributed by atoms with Gasteiger partial charge in [-0.2, -0.15) is 0 Å². The van der Waals surface area contributed by atoms with Gasteiger partial charge in [0.2, 0.25) is 0 Å². The molecule has 0 aliphatic heterocycles. The predicted molar refractivity (Wildman–Crippen MR) is 60.2 cm³/mol. The fourth-order valence-electron chi connectivity index (χ4n) is 2.53. The van der Waals surface area contributed by atoms with E-state index in [1.807, 2.05) is 0 Å². The summed E-state index contributed by atoms with van der Waals surface area (Å²) in [7, 11) is 0. The first-order chi connectivity index (χ1) is 6.90. The van der Waals surface area contributed by atoms with Crippen LogP contribution in [-0.4, -0.2) is 6.54 Å². The van der Waals surface area contributed by atoms with Gasteiger partial charge < -0.3 is 5.73 Å². The highest BCUT2D eigenvalue weighted by Gasteiger charge is 2.21. The Labute approximate surface area is 86.3 Å². The molecule has 0 saturated heterocycles. The molecule has 0 spiro atoms. The molecule has 2 N–H and O–H groups in total. The highest BCUT2D eigenvalue weighted by molar-refractivity contribution is 5.19. The standard InChI is InChI=1S/C13H19N/c14-10-11-5-4-8-13(9-11)12-6-2-1-3-7-12/h1-3,6-7,11,13H,4-5,8-10,14H2. The van der Waals surface area contributed by atoms with E-state index in [1.165, 1.54) is 31.2 Å². The second kappa shape index (κ2) is 4.61. The van der Waals surface area contributed by atoms with Gasteiger partial charge in [0.15, 0.2) is 0 Å². The van der Waals surface area contributed by atoms with E-state index in [9.17, 15) is 0 Å². The highest BCUT2D eigenvalue weighted by atomic mass is 14.6. The second-order valence-corrected chi connectivity index (χ2v) is 4.38. The molecule has 14 heavy (non-hydrogen) atoms. The Morgan fingerprint density at radius 3 is 2.64 bits per heavy atom. The van der Waals surface area contributed by atoms with E-state index in [2.05, 4.69) is 30.3 Å². The third-order valence-electron chi connectivity index (χ3n) is 3.39. The summed E-state index contributed by atoms with van der Waals surface area (Å²) in [6.07, 6.45) is 5.32. The molecule has 1 fully saturated rings. The summed E-state index contributed by atoms with van der Waals surface area (Å²) >= 11 is 0. The van der Waals surface area contributed by atoms with E-state index in [0.29, 0.717) is 0 Å². The van der Waals surface area contributed by atoms with Crippen molar-refractivity contribution in [3.8, 4) is 0 Å². The van der Waals surface area contributed by atoms with Crippen molar-refractivity contribution in [3.05, 3.63) is 35.9 Å². The van der Waals surface area contributed by atoms with Gasteiger partial charge in [0.1, 0.15) is 0 Å². The Kier molecular flexibility index (Phi) is 3.20. The van der Waals surface area contributed by atoms with Crippen LogP contribution in [0, 0.1) is 5.92 Å². The first-order valence-electron chi connectivity index (χ1n) is 5.65. The molecule has 0 radical (unpaired) electrons. The Hall–Kier alpha value is -0.820. The van der Waals surface area contributed by atoms with Crippen molar-refractivity contribution in [3.63, 3.8) is 0 Å². The maximum Gasteiger partial charge on any atom is -0.00486 e. The summed E-state index contributed by atoms with van der Waals surface area (Å²) in [5.74, 6) is 1.52. The molecule has 2 rings (SSSR count). The molecule has 0 aromatic heterocycles. The lowest BCUT2D eigenvalue weighted by Crippen LogP contribution is -2.21. The van der Waals surface area contributed by atoms with E-state index < -0.39 is 0 Å². The SMILES string of the molecule is NCC1CCCC(c2ccccc2)C1. The minimum absolute atomic E-state index is 0.758. The number of hydrogen-bond acceptors (Lipinski definition) is 1. The van der Waals surface area contributed by atoms with Crippen LogP contribution in [0.4, 0.5) is 0 Å². The van der Waals surface area contributed by atoms with Gasteiger partial charge in [0.25, 0.3) is 0 Å². The number of rotatable bonds is 2. The average Bonchev–Trinajstić information content (AvgIpc) is 2.30. The van der Waals surface area contributed by atoms with Crippen molar-refractivity contribution in [2.75, 3.05) is 6.54 Å². The fourth-order valence-corrected chi connectivity index (χ4v) is 2.53. The van der Waals surface area contributed by atoms with E-state index in [0.717, 1.165) is 18.4 Å². The summed E-state index contributed by atoms with van der Waals surface area (Å²) in [5.41, 5.74) is 7.25. The van der Waals surface area contributed by atoms with Crippen LogP contribution in [0.1, 0.15) is 37.2 Å². The maximum atomic E-state index is 5.74. The number of hydrogen-bond donors (Lipinski definition) is 1. The molecule has 0 amide bonds. The smallest absolute Gasteiger partial charge is 0.00486 e. The zero-order valence-corrected chi connectivity index (χ0v) is 8.65. The van der Waals surface area contributed by atoms with Crippen LogP contribution in [0.15, 0.2) is 30.3 Å². The zero-order chi connectivity index (χ0) is 9.80. The number of benzene rings is 1. The van der Waals surface area contributed by atoms with Crippen molar-refractivity contribution in [1.82, 2.24) is 0 Å². The van der Waals surface area contributed by atoms with Gasteiger partial charge in [-0.3, -0.25) is 0 Å². The molecular weight excluding hydrogens is 170 g/mol. The van der Waals surface area contributed by atoms with Crippen LogP contribution in [0.3, 0.4) is 0 Å². The van der Waals surface area contributed by atoms with Crippen LogP contribution in [0.5, 0.6) is 0 Å². The summed E-state index contributed by atoms with van der Waals surface area (Å²) in [6, 6.07) is 10.9. The average molecular weight is 189 g/mol. The van der Waals surface area contributed by atoms with Crippen LogP contribution in [0.2, 0.25) is 0 Å². The van der Waals surface area contributed by atoms with Crippen molar-refractivity contribution in [2.24, 2.45) is 11.7 Å². The van der Waals surface area contributed by atoms with Crippen LogP contribution in [0.25, 0.3) is 0 Å². The third-order valence-corrected chi connectivity index (χ3v) is 3.39. The Morgan fingerprint density at radius 1 is 1.14 bits per heavy atom. The fraction of sp³-hybridized carbons (Fsp3) is 0.538. The molecule has 76 valence electrons. The van der Waals surface area contributed by atoms with Gasteiger partial charge in [0, 0.05) is 0 Å². The molecular formula is C13H19N. The molecule has 1 aliphatic rings. The quantitative estimate of drug-likeness (QED) is 0.760. The summed E-state index contributed by atoms with van der Waals surface area (Å²) in [6.45, 7) is 0.864. The molecule has 1 saturated carbocycles. The van der Waals surface area contributed by atoms with Gasteiger partial charge in [-0.05, 0) is 43.2 Å². The Bertz CT molecular complexity index is 268. The molecule has 1 aromatic rings. The topological polar surface area (TPSA) is 26.0 Å². The molecule has 1 nitrogen and oxygen atoms in total. The predicted octanol–water partition coefficient (Wildman–Crippen LogP) is 2.92. The van der Waals surface area contributed by atoms with Gasteiger partial charge in [-0.1, -0.05) is 36.8 Å². The molecule has 1 aromatic carbocycles. The van der Waals surface area contributed by atoms with E-state index in [4.69, 9.17) is 5.73 Å². The summed E-state index contributed by atoms with van der Waals surface area (Å²) in [4.78, 5) is 0. The summed E-state index contributed by atoms with van der Waals surface area (Å²) in [5, 5.41) is 0. The minimum atomic E-state index is 0.758. The van der Waals surface area contributed by atoms with Crippen molar-refractivity contribution >= 4 is 0 Å². The number of nitrogens with two attached hydrogens (primary N) is 1. The molecule has 1 aliphatic carbocycles. The van der Waals surface area contributed by atoms with Crippen molar-refractivity contribution in [1.29, 1.82) is 0 Å². The van der Waals surface area contributed by atoms with Gasteiger partial charge in [-0.25, -0.2) is 0 Å². The Balaban J connectivity index is 2.04. The summed E-state index contributed by atoms with van der Waals surface area (Å²) < 4.78 is 0. The molecule has 0 bridgehead atoms. The van der Waals surface area contributed by atoms with Crippen molar-refractivity contribution < 1.29 is 0 Å². The molecule has 2 atom stereocenters. The van der Waals surface area contributed by atoms with Gasteiger partial charge in [0.05, 0.1) is 0 Å². The van der Waals surface area contributed by atoms with Crippen LogP contribution in [-0.2, 0) is 0 Å². The first-order valence-corrected chi connectivity index (χ1v) is 5.65. The minimum Gasteiger partial charge on any atom is -0.330 e. The van der Waals surface area contributed by atoms with Gasteiger partial charge in [-0.15, -0.1) is 0 Å². The molecule has 0 heterocycles. The van der Waals surface area contributed by atoms with Crippen LogP contribution >= 0.6 is 0 Å². The lowest BCUT2D eigenvalue weighted by Gasteiger charge is -2.28. The lowest BCUT2D eigenvalue weighted by molar-refractivity contribution is 0.329.